The molecule has 0 aliphatic heterocycles. The average Bonchev–Trinajstić information content (AvgIpc) is 2.38. The minimum Gasteiger partial charge on any atom is -0.493 e. The molecule has 0 aliphatic carbocycles. The van der Waals surface area contributed by atoms with Crippen molar-refractivity contribution in [2.75, 3.05) is 14.2 Å². The van der Waals surface area contributed by atoms with Crippen LogP contribution in [0, 0.1) is 4.64 Å². The SMILES string of the molecule is COc1cccc(-c2ncc[nH]c2=S)c1OC. The second-order valence-electron chi connectivity index (χ2n) is 3.31. The molecule has 0 aliphatic rings. The lowest BCUT2D eigenvalue weighted by atomic mass is 10.1. The summed E-state index contributed by atoms with van der Waals surface area (Å²) < 4.78 is 11.2. The Morgan fingerprint density at radius 3 is 2.71 bits per heavy atom. The maximum atomic E-state index is 5.35. The molecule has 0 saturated heterocycles. The van der Waals surface area contributed by atoms with Gasteiger partial charge in [0.1, 0.15) is 10.3 Å². The lowest BCUT2D eigenvalue weighted by Crippen LogP contribution is -1.95. The standard InChI is InChI=1S/C12H12N2O2S/c1-15-9-5-3-4-8(11(9)16-2)10-12(17)14-7-6-13-10/h3-7H,1-2H3,(H,14,17). The van der Waals surface area contributed by atoms with Crippen molar-refractivity contribution in [3.63, 3.8) is 0 Å². The van der Waals surface area contributed by atoms with Gasteiger partial charge in [0.05, 0.1) is 14.2 Å². The van der Waals surface area contributed by atoms with Crippen molar-refractivity contribution >= 4 is 12.2 Å². The maximum absolute atomic E-state index is 5.35. The van der Waals surface area contributed by atoms with Gasteiger partial charge in [0.15, 0.2) is 11.5 Å². The van der Waals surface area contributed by atoms with Crippen LogP contribution < -0.4 is 9.47 Å². The highest BCUT2D eigenvalue weighted by atomic mass is 32.1. The van der Waals surface area contributed by atoms with Crippen molar-refractivity contribution in [2.24, 2.45) is 0 Å². The van der Waals surface area contributed by atoms with Gasteiger partial charge in [-0.1, -0.05) is 18.3 Å². The number of ether oxygens (including phenoxy) is 2. The van der Waals surface area contributed by atoms with Crippen molar-refractivity contribution in [3.8, 4) is 22.8 Å². The van der Waals surface area contributed by atoms with Gasteiger partial charge in [-0.3, -0.25) is 4.98 Å². The summed E-state index contributed by atoms with van der Waals surface area (Å²) in [6.07, 6.45) is 3.35. The summed E-state index contributed by atoms with van der Waals surface area (Å²) in [7, 11) is 3.19. The van der Waals surface area contributed by atoms with Crippen LogP contribution in [0.25, 0.3) is 11.3 Å². The molecule has 1 N–H and O–H groups in total. The van der Waals surface area contributed by atoms with Crippen LogP contribution in [0.5, 0.6) is 11.5 Å². The van der Waals surface area contributed by atoms with E-state index >= 15 is 0 Å². The van der Waals surface area contributed by atoms with E-state index in [4.69, 9.17) is 21.7 Å². The predicted octanol–water partition coefficient (Wildman–Crippen LogP) is 2.82. The smallest absolute Gasteiger partial charge is 0.170 e. The van der Waals surface area contributed by atoms with Crippen LogP contribution in [0.15, 0.2) is 30.6 Å². The summed E-state index contributed by atoms with van der Waals surface area (Å²) in [5.41, 5.74) is 1.49. The zero-order chi connectivity index (χ0) is 12.3. The lowest BCUT2D eigenvalue weighted by molar-refractivity contribution is 0.356. The molecule has 2 rings (SSSR count). The molecule has 0 atom stereocenters. The molecule has 0 bridgehead atoms. The van der Waals surface area contributed by atoms with Gasteiger partial charge in [-0.2, -0.15) is 0 Å². The Morgan fingerprint density at radius 1 is 1.24 bits per heavy atom. The molecule has 1 aromatic heterocycles. The molecular formula is C12H12N2O2S. The first-order chi connectivity index (χ1) is 8.27. The van der Waals surface area contributed by atoms with E-state index in [0.717, 1.165) is 5.56 Å². The van der Waals surface area contributed by atoms with Crippen LogP contribution in [0.3, 0.4) is 0 Å². The summed E-state index contributed by atoms with van der Waals surface area (Å²) in [5.74, 6) is 1.29. The van der Waals surface area contributed by atoms with Crippen LogP contribution in [-0.2, 0) is 0 Å². The van der Waals surface area contributed by atoms with Gasteiger partial charge < -0.3 is 14.5 Å². The Bertz CT molecular complexity index is 581. The molecule has 0 fully saturated rings. The maximum Gasteiger partial charge on any atom is 0.170 e. The third-order valence-corrected chi connectivity index (χ3v) is 2.68. The van der Waals surface area contributed by atoms with E-state index in [9.17, 15) is 0 Å². The molecule has 5 heteroatoms. The van der Waals surface area contributed by atoms with E-state index in [0.29, 0.717) is 21.8 Å². The summed E-state index contributed by atoms with van der Waals surface area (Å²) in [5, 5.41) is 0. The van der Waals surface area contributed by atoms with Gasteiger partial charge in [0.2, 0.25) is 0 Å². The highest BCUT2D eigenvalue weighted by molar-refractivity contribution is 7.71. The van der Waals surface area contributed by atoms with Crippen molar-refractivity contribution < 1.29 is 9.47 Å². The van der Waals surface area contributed by atoms with Gasteiger partial charge in [-0.15, -0.1) is 0 Å². The number of methoxy groups -OCH3 is 2. The fourth-order valence-corrected chi connectivity index (χ4v) is 1.85. The number of H-pyrrole nitrogens is 1. The monoisotopic (exact) mass is 248 g/mol. The Balaban J connectivity index is 2.68. The van der Waals surface area contributed by atoms with Gasteiger partial charge in [0, 0.05) is 18.0 Å². The van der Waals surface area contributed by atoms with Crippen LogP contribution in [0.1, 0.15) is 0 Å². The number of nitrogens with one attached hydrogen (secondary N) is 1. The van der Waals surface area contributed by atoms with Crippen LogP contribution in [0.4, 0.5) is 0 Å². The van der Waals surface area contributed by atoms with E-state index in [1.807, 2.05) is 18.2 Å². The Labute approximate surface area is 104 Å². The molecule has 0 spiro atoms. The number of hydrogen-bond acceptors (Lipinski definition) is 4. The predicted molar refractivity (Wildman–Crippen MR) is 68.0 cm³/mol. The molecule has 17 heavy (non-hydrogen) atoms. The summed E-state index contributed by atoms with van der Waals surface area (Å²) in [6.45, 7) is 0. The normalized spacial score (nSPS) is 10.0. The van der Waals surface area contributed by atoms with Gasteiger partial charge >= 0.3 is 0 Å². The third kappa shape index (κ3) is 2.14. The molecule has 1 heterocycles. The fourth-order valence-electron chi connectivity index (χ4n) is 1.62. The molecule has 1 aromatic carbocycles. The fraction of sp³-hybridized carbons (Fsp3) is 0.167. The first-order valence-corrected chi connectivity index (χ1v) is 5.43. The van der Waals surface area contributed by atoms with E-state index in [-0.39, 0.29) is 0 Å². The quantitative estimate of drug-likeness (QED) is 0.848. The number of aromatic amines is 1. The average molecular weight is 248 g/mol. The number of hydrogen-bond donors (Lipinski definition) is 1. The van der Waals surface area contributed by atoms with E-state index in [1.165, 1.54) is 0 Å². The Kier molecular flexibility index (Phi) is 3.39. The molecule has 0 saturated carbocycles. The molecule has 88 valence electrons. The molecular weight excluding hydrogens is 236 g/mol. The largest absolute Gasteiger partial charge is 0.493 e. The van der Waals surface area contributed by atoms with Crippen molar-refractivity contribution in [1.29, 1.82) is 0 Å². The highest BCUT2D eigenvalue weighted by Gasteiger charge is 2.13. The van der Waals surface area contributed by atoms with Crippen molar-refractivity contribution in [1.82, 2.24) is 9.97 Å². The van der Waals surface area contributed by atoms with Crippen LogP contribution in [0.2, 0.25) is 0 Å². The first-order valence-electron chi connectivity index (χ1n) is 5.03. The van der Waals surface area contributed by atoms with E-state index in [2.05, 4.69) is 9.97 Å². The highest BCUT2D eigenvalue weighted by Crippen LogP contribution is 2.36. The Morgan fingerprint density at radius 2 is 2.06 bits per heavy atom. The minimum absolute atomic E-state index is 0.569. The van der Waals surface area contributed by atoms with Crippen LogP contribution in [-0.4, -0.2) is 24.2 Å². The topological polar surface area (TPSA) is 47.1 Å². The molecule has 0 unspecified atom stereocenters. The zero-order valence-corrected chi connectivity index (χ0v) is 10.4. The van der Waals surface area contributed by atoms with Crippen LogP contribution >= 0.6 is 12.2 Å². The molecule has 2 aromatic rings. The third-order valence-electron chi connectivity index (χ3n) is 2.37. The molecule has 0 radical (unpaired) electrons. The summed E-state index contributed by atoms with van der Waals surface area (Å²) in [6, 6.07) is 5.60. The first kappa shape index (κ1) is 11.6. The number of para-hydroxylation sites is 1. The van der Waals surface area contributed by atoms with Crippen molar-refractivity contribution in [2.45, 2.75) is 0 Å². The Hall–Kier alpha value is -1.88. The van der Waals surface area contributed by atoms with Gasteiger partial charge in [-0.05, 0) is 12.1 Å². The summed E-state index contributed by atoms with van der Waals surface area (Å²) in [4.78, 5) is 7.20. The second kappa shape index (κ2) is 4.97. The summed E-state index contributed by atoms with van der Waals surface area (Å²) >= 11 is 5.21. The molecule has 0 amide bonds. The zero-order valence-electron chi connectivity index (χ0n) is 9.56. The molecule has 4 nitrogen and oxygen atoms in total. The lowest BCUT2D eigenvalue weighted by Gasteiger charge is -2.11. The van der Waals surface area contributed by atoms with E-state index in [1.54, 1.807) is 26.6 Å². The minimum atomic E-state index is 0.569. The van der Waals surface area contributed by atoms with Gasteiger partial charge in [-0.25, -0.2) is 0 Å². The number of rotatable bonds is 3. The van der Waals surface area contributed by atoms with Crippen molar-refractivity contribution in [3.05, 3.63) is 35.2 Å². The number of nitrogens with zero attached hydrogens (tertiary/aromatic N) is 1. The number of aromatic nitrogens is 2. The second-order valence-corrected chi connectivity index (χ2v) is 3.72. The van der Waals surface area contributed by atoms with E-state index < -0.39 is 0 Å². The number of benzene rings is 1. The van der Waals surface area contributed by atoms with Gasteiger partial charge in [0.25, 0.3) is 0 Å².